The smallest absolute Gasteiger partial charge is 0.385 e. The fourth-order valence-corrected chi connectivity index (χ4v) is 3.64. The van der Waals surface area contributed by atoms with Crippen molar-refractivity contribution in [2.45, 2.75) is 43.6 Å². The number of rotatable bonds is 5. The van der Waals surface area contributed by atoms with Crippen LogP contribution in [0.5, 0.6) is 0 Å². The Labute approximate surface area is 156 Å². The van der Waals surface area contributed by atoms with Crippen LogP contribution in [-0.2, 0) is 21.3 Å². The summed E-state index contributed by atoms with van der Waals surface area (Å²) in [7, 11) is 0. The predicted octanol–water partition coefficient (Wildman–Crippen LogP) is 2.28. The average molecular weight is 386 g/mol. The zero-order valence-corrected chi connectivity index (χ0v) is 15.1. The number of aliphatic hydroxyl groups is 1. The fourth-order valence-electron chi connectivity index (χ4n) is 3.64. The number of amides is 1. The summed E-state index contributed by atoms with van der Waals surface area (Å²) < 4.78 is 43.4. The Bertz CT molecular complexity index is 635. The number of carbonyl (C=O) groups excluding carboxylic acids is 1. The van der Waals surface area contributed by atoms with Gasteiger partial charge in [-0.15, -0.1) is 0 Å². The van der Waals surface area contributed by atoms with Crippen molar-refractivity contribution in [2.24, 2.45) is 0 Å². The van der Waals surface area contributed by atoms with Crippen LogP contribution in [0.15, 0.2) is 24.3 Å². The zero-order chi connectivity index (χ0) is 19.5. The molecule has 0 unspecified atom stereocenters. The van der Waals surface area contributed by atoms with Gasteiger partial charge in [0.2, 0.25) is 5.91 Å². The van der Waals surface area contributed by atoms with Gasteiger partial charge in [0.25, 0.3) is 0 Å². The Hall–Kier alpha value is -1.64. The largest absolute Gasteiger partial charge is 0.416 e. The number of likely N-dealkylation sites (tertiary alicyclic amines) is 1. The Morgan fingerprint density at radius 2 is 1.93 bits per heavy atom. The van der Waals surface area contributed by atoms with Gasteiger partial charge in [-0.2, -0.15) is 13.2 Å². The number of halogens is 3. The number of hydrogen-bond donors (Lipinski definition) is 2. The zero-order valence-electron chi connectivity index (χ0n) is 15.1. The molecular formula is C19H25F3N2O3. The van der Waals surface area contributed by atoms with Crippen LogP contribution in [0.2, 0.25) is 0 Å². The lowest BCUT2D eigenvalue weighted by Crippen LogP contribution is -2.46. The number of ether oxygens (including phenoxy) is 1. The van der Waals surface area contributed by atoms with Crippen molar-refractivity contribution < 1.29 is 27.8 Å². The van der Waals surface area contributed by atoms with Crippen LogP contribution in [0.25, 0.3) is 0 Å². The Morgan fingerprint density at radius 3 is 2.48 bits per heavy atom. The third-order valence-corrected chi connectivity index (χ3v) is 5.38. The van der Waals surface area contributed by atoms with Crippen LogP contribution in [0, 0.1) is 0 Å². The Morgan fingerprint density at radius 1 is 1.26 bits per heavy atom. The lowest BCUT2D eigenvalue weighted by atomic mass is 9.84. The van der Waals surface area contributed by atoms with Gasteiger partial charge in [-0.05, 0) is 43.4 Å². The molecule has 1 amide bonds. The highest BCUT2D eigenvalue weighted by molar-refractivity contribution is 5.80. The van der Waals surface area contributed by atoms with E-state index in [4.69, 9.17) is 4.74 Å². The van der Waals surface area contributed by atoms with Gasteiger partial charge in [-0.25, -0.2) is 0 Å². The number of carbonyl (C=O) groups is 1. The molecule has 2 heterocycles. The van der Waals surface area contributed by atoms with E-state index in [1.807, 2.05) is 0 Å². The first-order chi connectivity index (χ1) is 12.8. The van der Waals surface area contributed by atoms with E-state index >= 15 is 0 Å². The Kier molecular flexibility index (Phi) is 6.08. The van der Waals surface area contributed by atoms with E-state index in [0.717, 1.165) is 25.0 Å². The van der Waals surface area contributed by atoms with E-state index in [2.05, 4.69) is 10.2 Å². The average Bonchev–Trinajstić information content (AvgIpc) is 3.18. The number of nitrogens with zero attached hydrogens (tertiary/aromatic N) is 1. The van der Waals surface area contributed by atoms with Crippen molar-refractivity contribution in [2.75, 3.05) is 32.8 Å². The highest BCUT2D eigenvalue weighted by atomic mass is 19.4. The first-order valence-corrected chi connectivity index (χ1v) is 9.30. The molecular weight excluding hydrogens is 361 g/mol. The minimum atomic E-state index is -4.38. The lowest BCUT2D eigenvalue weighted by Gasteiger charge is -2.38. The van der Waals surface area contributed by atoms with E-state index in [-0.39, 0.29) is 12.0 Å². The molecule has 0 spiro atoms. The first kappa shape index (κ1) is 20.1. The third kappa shape index (κ3) is 5.00. The molecule has 2 aliphatic heterocycles. The molecule has 2 N–H and O–H groups in total. The molecule has 2 fully saturated rings. The summed E-state index contributed by atoms with van der Waals surface area (Å²) >= 11 is 0. The van der Waals surface area contributed by atoms with Crippen molar-refractivity contribution in [3.63, 3.8) is 0 Å². The molecule has 0 aliphatic carbocycles. The van der Waals surface area contributed by atoms with Crippen molar-refractivity contribution in [1.82, 2.24) is 10.2 Å². The SMILES string of the molecule is O=C(NCCN1CCC(O)(c2ccc(C(F)(F)F)cc2)CC1)[C@@H]1CCCO1. The highest BCUT2D eigenvalue weighted by Crippen LogP contribution is 2.35. The number of nitrogens with one attached hydrogen (secondary N) is 1. The molecule has 1 atom stereocenters. The van der Waals surface area contributed by atoms with Gasteiger partial charge < -0.3 is 20.1 Å². The van der Waals surface area contributed by atoms with Gasteiger partial charge >= 0.3 is 6.18 Å². The molecule has 1 aromatic rings. The van der Waals surface area contributed by atoms with Crippen molar-refractivity contribution in [3.05, 3.63) is 35.4 Å². The number of piperidine rings is 1. The predicted molar refractivity (Wildman–Crippen MR) is 93.0 cm³/mol. The first-order valence-electron chi connectivity index (χ1n) is 9.30. The second-order valence-corrected chi connectivity index (χ2v) is 7.24. The van der Waals surface area contributed by atoms with Gasteiger partial charge in [-0.1, -0.05) is 12.1 Å². The summed E-state index contributed by atoms with van der Waals surface area (Å²) in [5.74, 6) is -0.0780. The normalized spacial score (nSPS) is 23.3. The van der Waals surface area contributed by atoms with Crippen molar-refractivity contribution >= 4 is 5.91 Å². The van der Waals surface area contributed by atoms with E-state index in [1.54, 1.807) is 0 Å². The minimum absolute atomic E-state index is 0.0780. The van der Waals surface area contributed by atoms with Crippen LogP contribution >= 0.6 is 0 Å². The van der Waals surface area contributed by atoms with Crippen LogP contribution in [0.3, 0.4) is 0 Å². The molecule has 0 bridgehead atoms. The fraction of sp³-hybridized carbons (Fsp3) is 0.632. The molecule has 2 saturated heterocycles. The summed E-state index contributed by atoms with van der Waals surface area (Å²) in [4.78, 5) is 14.0. The monoisotopic (exact) mass is 386 g/mol. The number of alkyl halides is 3. The minimum Gasteiger partial charge on any atom is -0.385 e. The van der Waals surface area contributed by atoms with Gasteiger partial charge in [0.15, 0.2) is 0 Å². The maximum atomic E-state index is 12.7. The summed E-state index contributed by atoms with van der Waals surface area (Å²) in [6.07, 6.45) is -2.16. The van der Waals surface area contributed by atoms with Crippen LogP contribution < -0.4 is 5.32 Å². The van der Waals surface area contributed by atoms with Crippen molar-refractivity contribution in [1.29, 1.82) is 0 Å². The molecule has 5 nitrogen and oxygen atoms in total. The second-order valence-electron chi connectivity index (χ2n) is 7.24. The van der Waals surface area contributed by atoms with E-state index in [1.165, 1.54) is 12.1 Å². The Balaban J connectivity index is 1.45. The quantitative estimate of drug-likeness (QED) is 0.815. The molecule has 0 aromatic heterocycles. The molecule has 1 aromatic carbocycles. The second kappa shape index (κ2) is 8.16. The molecule has 2 aliphatic rings. The number of hydrogen-bond acceptors (Lipinski definition) is 4. The van der Waals surface area contributed by atoms with Crippen LogP contribution in [0.1, 0.15) is 36.8 Å². The summed E-state index contributed by atoms with van der Waals surface area (Å²) in [6, 6.07) is 4.75. The molecule has 0 saturated carbocycles. The highest BCUT2D eigenvalue weighted by Gasteiger charge is 2.35. The van der Waals surface area contributed by atoms with Gasteiger partial charge in [0.1, 0.15) is 6.10 Å². The molecule has 0 radical (unpaired) electrons. The third-order valence-electron chi connectivity index (χ3n) is 5.38. The summed E-state index contributed by atoms with van der Waals surface area (Å²) in [5, 5.41) is 13.7. The van der Waals surface area contributed by atoms with Gasteiger partial charge in [-0.3, -0.25) is 4.79 Å². The molecule has 8 heteroatoms. The molecule has 27 heavy (non-hydrogen) atoms. The van der Waals surface area contributed by atoms with Gasteiger partial charge in [0.05, 0.1) is 11.2 Å². The van der Waals surface area contributed by atoms with Gasteiger partial charge in [0, 0.05) is 32.8 Å². The van der Waals surface area contributed by atoms with Crippen LogP contribution in [0.4, 0.5) is 13.2 Å². The number of benzene rings is 1. The van der Waals surface area contributed by atoms with E-state index < -0.39 is 17.3 Å². The van der Waals surface area contributed by atoms with E-state index in [9.17, 15) is 23.1 Å². The van der Waals surface area contributed by atoms with Crippen molar-refractivity contribution in [3.8, 4) is 0 Å². The topological polar surface area (TPSA) is 61.8 Å². The lowest BCUT2D eigenvalue weighted by molar-refractivity contribution is -0.137. The molecule has 150 valence electrons. The standard InChI is InChI=1S/C19H25F3N2O3/c20-19(21,22)15-5-3-14(4-6-15)18(26)7-10-24(11-8-18)12-9-23-17(25)16-2-1-13-27-16/h3-6,16,26H,1-2,7-13H2,(H,23,25)/t16-/m0/s1. The summed E-state index contributed by atoms with van der Waals surface area (Å²) in [5.41, 5.74) is -1.31. The van der Waals surface area contributed by atoms with E-state index in [0.29, 0.717) is 51.2 Å². The van der Waals surface area contributed by atoms with Crippen LogP contribution in [-0.4, -0.2) is 54.8 Å². The summed E-state index contributed by atoms with van der Waals surface area (Å²) in [6.45, 7) is 3.05. The maximum Gasteiger partial charge on any atom is 0.416 e. The maximum absolute atomic E-state index is 12.7. The molecule has 3 rings (SSSR count).